The fourth-order valence-electron chi connectivity index (χ4n) is 1.73. The zero-order valence-corrected chi connectivity index (χ0v) is 12.0. The Labute approximate surface area is 119 Å². The van der Waals surface area contributed by atoms with Crippen molar-refractivity contribution in [2.75, 3.05) is 0 Å². The van der Waals surface area contributed by atoms with Crippen LogP contribution in [0, 0.1) is 13.8 Å². The lowest BCUT2D eigenvalue weighted by molar-refractivity contribution is -0.139. The molecule has 6 nitrogen and oxygen atoms in total. The van der Waals surface area contributed by atoms with Crippen LogP contribution in [0.3, 0.4) is 0 Å². The van der Waals surface area contributed by atoms with Crippen molar-refractivity contribution < 1.29 is 14.7 Å². The smallest absolute Gasteiger partial charge is 0.326 e. The Morgan fingerprint density at radius 1 is 1.50 bits per heavy atom. The predicted octanol–water partition coefficient (Wildman–Crippen LogP) is 1.51. The molecule has 0 aliphatic carbocycles. The second-order valence-corrected chi connectivity index (χ2v) is 5.75. The third kappa shape index (κ3) is 3.24. The van der Waals surface area contributed by atoms with E-state index in [4.69, 9.17) is 0 Å². The summed E-state index contributed by atoms with van der Waals surface area (Å²) < 4.78 is 0. The highest BCUT2D eigenvalue weighted by Gasteiger charge is 2.22. The van der Waals surface area contributed by atoms with Gasteiger partial charge >= 0.3 is 5.97 Å². The third-order valence-electron chi connectivity index (χ3n) is 2.97. The molecule has 2 aromatic heterocycles. The van der Waals surface area contributed by atoms with Gasteiger partial charge in [0.2, 0.25) is 0 Å². The summed E-state index contributed by atoms with van der Waals surface area (Å²) in [4.78, 5) is 31.5. The Morgan fingerprint density at radius 3 is 2.75 bits per heavy atom. The van der Waals surface area contributed by atoms with E-state index in [0.29, 0.717) is 10.6 Å². The number of H-pyrrole nitrogens is 1. The highest BCUT2D eigenvalue weighted by Crippen LogP contribution is 2.20. The van der Waals surface area contributed by atoms with Crippen molar-refractivity contribution in [2.45, 2.75) is 26.3 Å². The number of aromatic amines is 1. The minimum Gasteiger partial charge on any atom is -0.480 e. The highest BCUT2D eigenvalue weighted by molar-refractivity contribution is 7.14. The third-order valence-corrected chi connectivity index (χ3v) is 4.12. The number of aromatic nitrogens is 2. The standard InChI is InChI=1S/C13H15N3O3S/c1-7-3-11(20-8(7)2)12(17)16-10(13(18)19)4-9-5-14-6-15-9/h3,5-6,10H,4H2,1-2H3,(H,14,15)(H,16,17)(H,18,19)/t10-/m1/s1. The monoisotopic (exact) mass is 293 g/mol. The number of aryl methyl sites for hydroxylation is 2. The van der Waals surface area contributed by atoms with Crippen molar-refractivity contribution >= 4 is 23.2 Å². The molecule has 0 aromatic carbocycles. The number of nitrogens with zero attached hydrogens (tertiary/aromatic N) is 1. The first kappa shape index (κ1) is 14.3. The van der Waals surface area contributed by atoms with Crippen LogP contribution in [0.15, 0.2) is 18.6 Å². The van der Waals surface area contributed by atoms with E-state index in [1.165, 1.54) is 17.7 Å². The van der Waals surface area contributed by atoms with E-state index >= 15 is 0 Å². The van der Waals surface area contributed by atoms with Gasteiger partial charge in [-0.2, -0.15) is 0 Å². The molecule has 20 heavy (non-hydrogen) atoms. The average Bonchev–Trinajstić information content (AvgIpc) is 2.99. The van der Waals surface area contributed by atoms with Gasteiger partial charge in [0.15, 0.2) is 0 Å². The largest absolute Gasteiger partial charge is 0.480 e. The number of imidazole rings is 1. The van der Waals surface area contributed by atoms with Crippen molar-refractivity contribution in [1.29, 1.82) is 0 Å². The topological polar surface area (TPSA) is 95.1 Å². The van der Waals surface area contributed by atoms with Crippen LogP contribution in [0.1, 0.15) is 25.8 Å². The van der Waals surface area contributed by atoms with Gasteiger partial charge in [-0.05, 0) is 25.5 Å². The summed E-state index contributed by atoms with van der Waals surface area (Å²) in [6.45, 7) is 3.85. The molecular weight excluding hydrogens is 278 g/mol. The molecule has 106 valence electrons. The molecule has 0 radical (unpaired) electrons. The lowest BCUT2D eigenvalue weighted by Gasteiger charge is -2.12. The number of hydrogen-bond acceptors (Lipinski definition) is 4. The van der Waals surface area contributed by atoms with Gasteiger partial charge in [-0.3, -0.25) is 4.79 Å². The number of hydrogen-bond donors (Lipinski definition) is 3. The van der Waals surface area contributed by atoms with Gasteiger partial charge in [-0.1, -0.05) is 0 Å². The number of carboxylic acid groups (broad SMARTS) is 1. The Balaban J connectivity index is 2.08. The molecule has 2 rings (SSSR count). The fourth-order valence-corrected chi connectivity index (χ4v) is 2.67. The number of carboxylic acids is 1. The lowest BCUT2D eigenvalue weighted by Crippen LogP contribution is -2.42. The van der Waals surface area contributed by atoms with E-state index < -0.39 is 12.0 Å². The van der Waals surface area contributed by atoms with Crippen LogP contribution in [0.4, 0.5) is 0 Å². The van der Waals surface area contributed by atoms with Gasteiger partial charge in [0.25, 0.3) is 5.91 Å². The minimum atomic E-state index is -1.07. The molecule has 1 atom stereocenters. The SMILES string of the molecule is Cc1cc(C(=O)N[C@H](Cc2cnc[nH]2)C(=O)O)sc1C. The zero-order chi connectivity index (χ0) is 14.7. The molecule has 0 unspecified atom stereocenters. The molecule has 0 spiro atoms. The summed E-state index contributed by atoms with van der Waals surface area (Å²) in [7, 11) is 0. The van der Waals surface area contributed by atoms with Crippen LogP contribution in [0.25, 0.3) is 0 Å². The van der Waals surface area contributed by atoms with Crippen LogP contribution in [0.2, 0.25) is 0 Å². The van der Waals surface area contributed by atoms with Crippen molar-refractivity contribution in [3.63, 3.8) is 0 Å². The summed E-state index contributed by atoms with van der Waals surface area (Å²) in [5.41, 5.74) is 1.69. The van der Waals surface area contributed by atoms with Gasteiger partial charge in [-0.25, -0.2) is 9.78 Å². The Morgan fingerprint density at radius 2 is 2.25 bits per heavy atom. The Bertz CT molecular complexity index is 599. The number of carbonyl (C=O) groups excluding carboxylic acids is 1. The van der Waals surface area contributed by atoms with Crippen molar-refractivity contribution in [1.82, 2.24) is 15.3 Å². The molecule has 1 amide bonds. The molecule has 2 aromatic rings. The molecule has 0 saturated carbocycles. The second kappa shape index (κ2) is 5.87. The lowest BCUT2D eigenvalue weighted by atomic mass is 10.1. The van der Waals surface area contributed by atoms with Crippen LogP contribution in [-0.2, 0) is 11.2 Å². The molecule has 2 heterocycles. The van der Waals surface area contributed by atoms with E-state index in [1.54, 1.807) is 12.3 Å². The van der Waals surface area contributed by atoms with Gasteiger partial charge in [-0.15, -0.1) is 11.3 Å². The fraction of sp³-hybridized carbons (Fsp3) is 0.308. The summed E-state index contributed by atoms with van der Waals surface area (Å²) >= 11 is 1.36. The summed E-state index contributed by atoms with van der Waals surface area (Å²) in [6, 6.07) is 0.787. The average molecular weight is 293 g/mol. The summed E-state index contributed by atoms with van der Waals surface area (Å²) in [6.07, 6.45) is 3.19. The number of carbonyl (C=O) groups is 2. The first-order chi connectivity index (χ1) is 9.47. The zero-order valence-electron chi connectivity index (χ0n) is 11.1. The molecule has 0 fully saturated rings. The van der Waals surface area contributed by atoms with Crippen LogP contribution < -0.4 is 5.32 Å². The summed E-state index contributed by atoms with van der Waals surface area (Å²) in [5.74, 6) is -1.43. The number of rotatable bonds is 5. The van der Waals surface area contributed by atoms with Gasteiger partial charge in [0.05, 0.1) is 11.2 Å². The number of amides is 1. The normalized spacial score (nSPS) is 12.1. The first-order valence-corrected chi connectivity index (χ1v) is 6.87. The van der Waals surface area contributed by atoms with Crippen molar-refractivity contribution in [3.8, 4) is 0 Å². The van der Waals surface area contributed by atoms with Gasteiger partial charge in [0.1, 0.15) is 6.04 Å². The minimum absolute atomic E-state index is 0.171. The van der Waals surface area contributed by atoms with Crippen LogP contribution >= 0.6 is 11.3 Å². The number of nitrogens with one attached hydrogen (secondary N) is 2. The number of aliphatic carboxylic acids is 1. The van der Waals surface area contributed by atoms with Gasteiger partial charge in [0, 0.05) is 23.2 Å². The quantitative estimate of drug-likeness (QED) is 0.778. The van der Waals surface area contributed by atoms with E-state index in [1.807, 2.05) is 13.8 Å². The Kier molecular flexibility index (Phi) is 4.19. The Hall–Kier alpha value is -2.15. The molecule has 0 aliphatic heterocycles. The van der Waals surface area contributed by atoms with Crippen molar-refractivity contribution in [3.05, 3.63) is 39.6 Å². The molecule has 0 saturated heterocycles. The van der Waals surface area contributed by atoms with Gasteiger partial charge < -0.3 is 15.4 Å². The van der Waals surface area contributed by atoms with Crippen molar-refractivity contribution in [2.24, 2.45) is 0 Å². The molecular formula is C13H15N3O3S. The number of thiophene rings is 1. The second-order valence-electron chi connectivity index (χ2n) is 4.50. The summed E-state index contributed by atoms with van der Waals surface area (Å²) in [5, 5.41) is 11.7. The van der Waals surface area contributed by atoms with E-state index in [9.17, 15) is 14.7 Å². The molecule has 7 heteroatoms. The van der Waals surface area contributed by atoms with E-state index in [0.717, 1.165) is 10.4 Å². The van der Waals surface area contributed by atoms with Crippen LogP contribution in [0.5, 0.6) is 0 Å². The maximum absolute atomic E-state index is 12.1. The predicted molar refractivity (Wildman–Crippen MR) is 75.0 cm³/mol. The molecule has 0 bridgehead atoms. The molecule has 0 aliphatic rings. The van der Waals surface area contributed by atoms with E-state index in [2.05, 4.69) is 15.3 Å². The highest BCUT2D eigenvalue weighted by atomic mass is 32.1. The van der Waals surface area contributed by atoms with Crippen LogP contribution in [-0.4, -0.2) is 33.0 Å². The maximum atomic E-state index is 12.1. The van der Waals surface area contributed by atoms with E-state index in [-0.39, 0.29) is 12.3 Å². The maximum Gasteiger partial charge on any atom is 0.326 e. The molecule has 3 N–H and O–H groups in total. The first-order valence-electron chi connectivity index (χ1n) is 6.05.